The fourth-order valence-corrected chi connectivity index (χ4v) is 3.22. The van der Waals surface area contributed by atoms with Gasteiger partial charge >= 0.3 is 5.97 Å². The Morgan fingerprint density at radius 2 is 1.65 bits per heavy atom. The molecule has 2 aliphatic rings. The van der Waals surface area contributed by atoms with Crippen molar-refractivity contribution in [3.8, 4) is 0 Å². The minimum Gasteiger partial charge on any atom is -0.373 e. The van der Waals surface area contributed by atoms with Gasteiger partial charge < -0.3 is 9.57 Å². The van der Waals surface area contributed by atoms with Crippen molar-refractivity contribution in [1.82, 2.24) is 5.06 Å². The molecule has 2 atom stereocenters. The Labute approximate surface area is 148 Å². The molecule has 4 rings (SSSR count). The molecule has 26 heavy (non-hydrogen) atoms. The summed E-state index contributed by atoms with van der Waals surface area (Å²) in [5.74, 6) is -3.15. The van der Waals surface area contributed by atoms with E-state index in [2.05, 4.69) is 0 Å². The van der Waals surface area contributed by atoms with Gasteiger partial charge in [-0.3, -0.25) is 9.59 Å². The molecule has 0 spiro atoms. The van der Waals surface area contributed by atoms with Crippen LogP contribution in [0.2, 0.25) is 0 Å². The second kappa shape index (κ2) is 6.34. The molecule has 2 heterocycles. The fraction of sp³-hybridized carbons (Fsp3) is 0.211. The first-order chi connectivity index (χ1) is 12.6. The number of hydroxylamine groups is 2. The highest BCUT2D eigenvalue weighted by Gasteiger charge is 2.43. The number of hydrogen-bond donors (Lipinski definition) is 0. The number of imide groups is 1. The molecule has 0 aliphatic carbocycles. The first-order valence-corrected chi connectivity index (χ1v) is 8.13. The molecular formula is C19H14FNO5. The Hall–Kier alpha value is -3.06. The average molecular weight is 355 g/mol. The number of hydrogen-bond acceptors (Lipinski definition) is 5. The third kappa shape index (κ3) is 2.66. The first kappa shape index (κ1) is 16.4. The predicted octanol–water partition coefficient (Wildman–Crippen LogP) is 2.66. The summed E-state index contributed by atoms with van der Waals surface area (Å²) in [5.41, 5.74) is 1.03. The largest absolute Gasteiger partial charge is 0.373 e. The van der Waals surface area contributed by atoms with E-state index in [1.807, 2.05) is 0 Å². The van der Waals surface area contributed by atoms with Crippen molar-refractivity contribution in [2.45, 2.75) is 12.5 Å². The molecular weight excluding hydrogens is 341 g/mol. The molecule has 0 bridgehead atoms. The average Bonchev–Trinajstić information content (AvgIpc) is 3.23. The number of carbonyl (C=O) groups is 3. The summed E-state index contributed by atoms with van der Waals surface area (Å²) in [6.45, 7) is 0.323. The van der Waals surface area contributed by atoms with Gasteiger partial charge in [0, 0.05) is 6.61 Å². The summed E-state index contributed by atoms with van der Waals surface area (Å²) in [4.78, 5) is 42.3. The summed E-state index contributed by atoms with van der Waals surface area (Å²) < 4.78 is 18.7. The van der Waals surface area contributed by atoms with Gasteiger partial charge in [0.25, 0.3) is 11.8 Å². The Bertz CT molecular complexity index is 860. The third-order valence-electron chi connectivity index (χ3n) is 4.53. The van der Waals surface area contributed by atoms with E-state index in [-0.39, 0.29) is 11.1 Å². The molecule has 0 radical (unpaired) electrons. The lowest BCUT2D eigenvalue weighted by Gasteiger charge is -2.20. The van der Waals surface area contributed by atoms with Gasteiger partial charge in [0.15, 0.2) is 0 Å². The number of benzene rings is 2. The van der Waals surface area contributed by atoms with Gasteiger partial charge in [-0.05, 0) is 36.2 Å². The van der Waals surface area contributed by atoms with Gasteiger partial charge in [-0.25, -0.2) is 9.18 Å². The van der Waals surface area contributed by atoms with E-state index in [1.54, 1.807) is 12.1 Å². The second-order valence-electron chi connectivity index (χ2n) is 6.10. The number of fused-ring (bicyclic) bond motifs is 1. The molecule has 1 fully saturated rings. The van der Waals surface area contributed by atoms with Crippen LogP contribution in [-0.4, -0.2) is 29.5 Å². The highest BCUT2D eigenvalue weighted by atomic mass is 19.1. The molecule has 2 aromatic rings. The van der Waals surface area contributed by atoms with Crippen LogP contribution in [-0.2, 0) is 14.4 Å². The predicted molar refractivity (Wildman–Crippen MR) is 86.2 cm³/mol. The zero-order valence-corrected chi connectivity index (χ0v) is 13.6. The number of amides is 2. The van der Waals surface area contributed by atoms with E-state index in [1.165, 1.54) is 36.4 Å². The van der Waals surface area contributed by atoms with Crippen LogP contribution in [0.3, 0.4) is 0 Å². The van der Waals surface area contributed by atoms with Crippen molar-refractivity contribution < 1.29 is 28.3 Å². The summed E-state index contributed by atoms with van der Waals surface area (Å²) in [6.07, 6.45) is -0.234. The number of carbonyl (C=O) groups excluding carboxylic acids is 3. The van der Waals surface area contributed by atoms with E-state index in [4.69, 9.17) is 9.57 Å². The smallest absolute Gasteiger partial charge is 0.339 e. The first-order valence-electron chi connectivity index (χ1n) is 8.13. The Balaban J connectivity index is 1.52. The van der Waals surface area contributed by atoms with Crippen LogP contribution in [0.25, 0.3) is 0 Å². The maximum atomic E-state index is 13.1. The van der Waals surface area contributed by atoms with Crippen LogP contribution in [0.5, 0.6) is 0 Å². The number of ether oxygens (including phenoxy) is 1. The van der Waals surface area contributed by atoms with Crippen LogP contribution in [0.15, 0.2) is 48.5 Å². The zero-order valence-electron chi connectivity index (χ0n) is 13.6. The maximum Gasteiger partial charge on any atom is 0.339 e. The molecule has 0 saturated carbocycles. The Kier molecular flexibility index (Phi) is 4.00. The minimum atomic E-state index is -0.730. The number of halogens is 1. The van der Waals surface area contributed by atoms with Gasteiger partial charge in [0.2, 0.25) is 0 Å². The molecule has 2 aliphatic heterocycles. The molecule has 132 valence electrons. The molecule has 0 N–H and O–H groups in total. The molecule has 7 heteroatoms. The van der Waals surface area contributed by atoms with Crippen molar-refractivity contribution in [3.05, 3.63) is 71.0 Å². The van der Waals surface area contributed by atoms with Crippen molar-refractivity contribution in [1.29, 1.82) is 0 Å². The quantitative estimate of drug-likeness (QED) is 0.792. The maximum absolute atomic E-state index is 13.1. The minimum absolute atomic E-state index is 0.197. The third-order valence-corrected chi connectivity index (χ3v) is 4.53. The van der Waals surface area contributed by atoms with Crippen molar-refractivity contribution in [2.24, 2.45) is 5.92 Å². The molecule has 2 aromatic carbocycles. The van der Waals surface area contributed by atoms with Crippen molar-refractivity contribution in [3.63, 3.8) is 0 Å². The Morgan fingerprint density at radius 3 is 2.27 bits per heavy atom. The van der Waals surface area contributed by atoms with Gasteiger partial charge in [-0.2, -0.15) is 0 Å². The van der Waals surface area contributed by atoms with E-state index in [9.17, 15) is 18.8 Å². The van der Waals surface area contributed by atoms with Crippen molar-refractivity contribution in [2.75, 3.05) is 6.61 Å². The van der Waals surface area contributed by atoms with E-state index < -0.39 is 35.6 Å². The summed E-state index contributed by atoms with van der Waals surface area (Å²) in [6, 6.07) is 11.9. The molecule has 6 nitrogen and oxygen atoms in total. The lowest BCUT2D eigenvalue weighted by Crippen LogP contribution is -2.35. The topological polar surface area (TPSA) is 72.9 Å². The van der Waals surface area contributed by atoms with Crippen LogP contribution >= 0.6 is 0 Å². The summed E-state index contributed by atoms with van der Waals surface area (Å²) >= 11 is 0. The SMILES string of the molecule is O=C(ON1C(=O)c2ccccc2C1=O)[C@@H]1CCO[C@H]1c1ccc(F)cc1. The summed E-state index contributed by atoms with van der Waals surface area (Å²) in [5, 5.41) is 0.493. The standard InChI is InChI=1S/C19H14FNO5/c20-12-7-5-11(6-8-12)16-15(9-10-25-16)19(24)26-21-17(22)13-3-1-2-4-14(13)18(21)23/h1-8,15-16H,9-10H2/t15-,16+/m1/s1. The normalized spacial score (nSPS) is 21.8. The van der Waals surface area contributed by atoms with Crippen LogP contribution < -0.4 is 0 Å². The van der Waals surface area contributed by atoms with E-state index in [0.29, 0.717) is 23.7 Å². The number of nitrogens with zero attached hydrogens (tertiary/aromatic N) is 1. The molecule has 0 unspecified atom stereocenters. The van der Waals surface area contributed by atoms with Crippen molar-refractivity contribution >= 4 is 17.8 Å². The van der Waals surface area contributed by atoms with E-state index >= 15 is 0 Å². The zero-order chi connectivity index (χ0) is 18.3. The molecule has 1 saturated heterocycles. The van der Waals surface area contributed by atoms with E-state index in [0.717, 1.165) is 0 Å². The van der Waals surface area contributed by atoms with Gasteiger partial charge in [-0.1, -0.05) is 29.3 Å². The van der Waals surface area contributed by atoms with Crippen LogP contribution in [0, 0.1) is 11.7 Å². The van der Waals surface area contributed by atoms with Crippen LogP contribution in [0.1, 0.15) is 38.8 Å². The fourth-order valence-electron chi connectivity index (χ4n) is 3.22. The monoisotopic (exact) mass is 355 g/mol. The highest BCUT2D eigenvalue weighted by Crippen LogP contribution is 2.36. The second-order valence-corrected chi connectivity index (χ2v) is 6.10. The van der Waals surface area contributed by atoms with Crippen LogP contribution in [0.4, 0.5) is 4.39 Å². The summed E-state index contributed by atoms with van der Waals surface area (Å²) in [7, 11) is 0. The van der Waals surface area contributed by atoms with Gasteiger partial charge in [0.05, 0.1) is 23.1 Å². The van der Waals surface area contributed by atoms with Gasteiger partial charge in [-0.15, -0.1) is 0 Å². The molecule has 2 amide bonds. The highest BCUT2D eigenvalue weighted by molar-refractivity contribution is 6.20. The molecule has 0 aromatic heterocycles. The lowest BCUT2D eigenvalue weighted by molar-refractivity contribution is -0.175. The Morgan fingerprint density at radius 1 is 1.04 bits per heavy atom. The lowest BCUT2D eigenvalue weighted by atomic mass is 9.95. The van der Waals surface area contributed by atoms with Gasteiger partial charge in [0.1, 0.15) is 5.82 Å². The number of rotatable bonds is 3.